The molecule has 0 saturated heterocycles. The Labute approximate surface area is 279 Å². The van der Waals surface area contributed by atoms with Crippen molar-refractivity contribution in [1.29, 1.82) is 0 Å². The first-order valence-electron chi connectivity index (χ1n) is 16.3. The first kappa shape index (κ1) is 33.4. The fourth-order valence-electron chi connectivity index (χ4n) is 5.55. The summed E-state index contributed by atoms with van der Waals surface area (Å²) in [4.78, 5) is 0. The van der Waals surface area contributed by atoms with Crippen molar-refractivity contribution < 1.29 is 14.6 Å². The third kappa shape index (κ3) is 10.8. The van der Waals surface area contributed by atoms with Crippen LogP contribution in [0.1, 0.15) is 59.1 Å². The fraction of sp³-hybridized carbons (Fsp3) is 0.227. The predicted octanol–water partition coefficient (Wildman–Crippen LogP) is 8.52. The van der Waals surface area contributed by atoms with Crippen molar-refractivity contribution in [2.24, 2.45) is 0 Å². The zero-order chi connectivity index (χ0) is 32.8. The first-order chi connectivity index (χ1) is 22.9. The maximum Gasteiger partial charge on any atom is 0.140 e. The van der Waals surface area contributed by atoms with Crippen LogP contribution in [0.5, 0.6) is 0 Å². The van der Waals surface area contributed by atoms with E-state index in [0.29, 0.717) is 56.9 Å². The molecule has 0 aliphatic rings. The molecule has 0 fully saturated rings. The maximum absolute atomic E-state index is 15.4. The van der Waals surface area contributed by atoms with Crippen molar-refractivity contribution >= 4 is 0 Å². The normalized spacial score (nSPS) is 11.2. The summed E-state index contributed by atoms with van der Waals surface area (Å²) in [5, 5.41) is 23.3. The van der Waals surface area contributed by atoms with E-state index >= 15 is 4.39 Å². The van der Waals surface area contributed by atoms with Gasteiger partial charge in [0.25, 0.3) is 0 Å². The number of benzene rings is 5. The van der Waals surface area contributed by atoms with Gasteiger partial charge < -0.3 is 10.2 Å². The molecule has 2 N–H and O–H groups in total. The highest BCUT2D eigenvalue weighted by Crippen LogP contribution is 2.23. The molecule has 3 heteroatoms. The van der Waals surface area contributed by atoms with Crippen LogP contribution >= 0.6 is 0 Å². The van der Waals surface area contributed by atoms with Gasteiger partial charge in [0, 0.05) is 5.56 Å². The number of hydrogen-bond donors (Lipinski definition) is 2. The van der Waals surface area contributed by atoms with Crippen LogP contribution in [-0.2, 0) is 25.7 Å². The highest BCUT2D eigenvalue weighted by atomic mass is 19.1. The molecule has 5 aromatic rings. The highest BCUT2D eigenvalue weighted by molar-refractivity contribution is 5.45. The van der Waals surface area contributed by atoms with Crippen molar-refractivity contribution in [2.45, 2.75) is 62.6 Å². The summed E-state index contributed by atoms with van der Waals surface area (Å²) in [5.74, 6) is 11.6. The molecular formula is C44H41FO2. The second kappa shape index (κ2) is 16.6. The molecule has 0 unspecified atom stereocenters. The zero-order valence-electron chi connectivity index (χ0n) is 26.7. The number of halogens is 1. The molecule has 5 rings (SSSR count). The minimum Gasteiger partial charge on any atom is -0.378 e. The lowest BCUT2D eigenvalue weighted by Gasteiger charge is -2.23. The van der Waals surface area contributed by atoms with Gasteiger partial charge in [0.1, 0.15) is 17.0 Å². The van der Waals surface area contributed by atoms with E-state index in [1.807, 2.05) is 121 Å². The number of aryl methyl sites for hydroxylation is 4. The third-order valence-corrected chi connectivity index (χ3v) is 8.52. The average Bonchev–Trinajstić information content (AvgIpc) is 3.12. The van der Waals surface area contributed by atoms with E-state index in [2.05, 4.69) is 23.7 Å². The summed E-state index contributed by atoms with van der Waals surface area (Å²) < 4.78 is 15.4. The van der Waals surface area contributed by atoms with Crippen molar-refractivity contribution in [1.82, 2.24) is 0 Å². The van der Waals surface area contributed by atoms with Gasteiger partial charge in [-0.15, -0.1) is 0 Å². The number of rotatable bonds is 12. The van der Waals surface area contributed by atoms with Crippen LogP contribution in [0.25, 0.3) is 0 Å². The Morgan fingerprint density at radius 1 is 0.447 bits per heavy atom. The highest BCUT2D eigenvalue weighted by Gasteiger charge is 2.25. The largest absolute Gasteiger partial charge is 0.378 e. The van der Waals surface area contributed by atoms with Crippen molar-refractivity contribution in [3.8, 4) is 23.7 Å². The average molecular weight is 621 g/mol. The van der Waals surface area contributed by atoms with E-state index in [1.54, 1.807) is 12.1 Å². The van der Waals surface area contributed by atoms with E-state index in [4.69, 9.17) is 0 Å². The van der Waals surface area contributed by atoms with E-state index in [0.717, 1.165) is 22.3 Å². The summed E-state index contributed by atoms with van der Waals surface area (Å²) in [6.45, 7) is 0. The van der Waals surface area contributed by atoms with Crippen molar-refractivity contribution in [3.05, 3.63) is 179 Å². The summed E-state index contributed by atoms with van der Waals surface area (Å²) >= 11 is 0. The molecule has 0 aliphatic heterocycles. The van der Waals surface area contributed by atoms with Crippen LogP contribution in [0.3, 0.4) is 0 Å². The zero-order valence-corrected chi connectivity index (χ0v) is 26.7. The Kier molecular flexibility index (Phi) is 11.8. The Balaban J connectivity index is 1.32. The SMILES string of the molecule is OC(C#Cc1ccc(C#CC(O)(CCc2ccccc2)CCc2ccccc2)c(F)c1)(CCc1ccccc1)CCc1ccccc1. The predicted molar refractivity (Wildman–Crippen MR) is 189 cm³/mol. The molecule has 0 heterocycles. The second-order valence-electron chi connectivity index (χ2n) is 12.2. The molecule has 236 valence electrons. The van der Waals surface area contributed by atoms with Gasteiger partial charge >= 0.3 is 0 Å². The summed E-state index contributed by atoms with van der Waals surface area (Å²) in [5.41, 5.74) is 2.65. The topological polar surface area (TPSA) is 40.5 Å². The molecule has 0 bridgehead atoms. The smallest absolute Gasteiger partial charge is 0.140 e. The third-order valence-electron chi connectivity index (χ3n) is 8.52. The van der Waals surface area contributed by atoms with Crippen LogP contribution in [0.15, 0.2) is 140 Å². The Morgan fingerprint density at radius 2 is 0.787 bits per heavy atom. The number of hydrogen-bond acceptors (Lipinski definition) is 2. The van der Waals surface area contributed by atoms with Gasteiger partial charge in [-0.1, -0.05) is 145 Å². The summed E-state index contributed by atoms with van der Waals surface area (Å²) in [6.07, 6.45) is 4.49. The van der Waals surface area contributed by atoms with Gasteiger partial charge in [-0.25, -0.2) is 4.39 Å². The molecule has 0 aliphatic carbocycles. The molecule has 0 aromatic heterocycles. The van der Waals surface area contributed by atoms with Gasteiger partial charge in [-0.3, -0.25) is 0 Å². The Hall–Kier alpha value is -4.93. The van der Waals surface area contributed by atoms with Gasteiger partial charge in [0.2, 0.25) is 0 Å². The quantitative estimate of drug-likeness (QED) is 0.137. The van der Waals surface area contributed by atoms with Crippen molar-refractivity contribution in [2.75, 3.05) is 0 Å². The molecule has 0 radical (unpaired) electrons. The molecule has 5 aromatic carbocycles. The molecular weight excluding hydrogens is 579 g/mol. The molecule has 2 nitrogen and oxygen atoms in total. The number of aliphatic hydroxyl groups is 2. The van der Waals surface area contributed by atoms with Gasteiger partial charge in [-0.2, -0.15) is 0 Å². The van der Waals surface area contributed by atoms with Crippen LogP contribution in [-0.4, -0.2) is 21.4 Å². The molecule has 0 spiro atoms. The van der Waals surface area contributed by atoms with Crippen LogP contribution in [0, 0.1) is 29.5 Å². The minimum absolute atomic E-state index is 0.205. The van der Waals surface area contributed by atoms with Crippen LogP contribution < -0.4 is 0 Å². The molecule has 47 heavy (non-hydrogen) atoms. The van der Waals surface area contributed by atoms with Crippen molar-refractivity contribution in [3.63, 3.8) is 0 Å². The Bertz CT molecular complexity index is 1720. The van der Waals surface area contributed by atoms with E-state index in [1.165, 1.54) is 6.07 Å². The van der Waals surface area contributed by atoms with Crippen LogP contribution in [0.2, 0.25) is 0 Å². The van der Waals surface area contributed by atoms with Gasteiger partial charge in [0.15, 0.2) is 0 Å². The molecule has 0 saturated carbocycles. The standard InChI is InChI=1S/C44H41FO2/c45-42-35-40(27-33-43(46,29-23-36-13-5-1-6-14-36)30-24-37-15-7-2-8-16-37)21-22-41(42)28-34-44(47,31-25-38-17-9-3-10-18-38)32-26-39-19-11-4-12-20-39/h1-22,35,46-47H,23-26,29-32H2. The lowest BCUT2D eigenvalue weighted by atomic mass is 9.88. The monoisotopic (exact) mass is 620 g/mol. The van der Waals surface area contributed by atoms with E-state index in [-0.39, 0.29) is 5.56 Å². The maximum atomic E-state index is 15.4. The Morgan fingerprint density at radius 3 is 1.13 bits per heavy atom. The van der Waals surface area contributed by atoms with E-state index in [9.17, 15) is 10.2 Å². The van der Waals surface area contributed by atoms with Gasteiger partial charge in [-0.05, 0) is 91.8 Å². The first-order valence-corrected chi connectivity index (χ1v) is 16.3. The molecule has 0 amide bonds. The van der Waals surface area contributed by atoms with Gasteiger partial charge in [0.05, 0.1) is 5.56 Å². The summed E-state index contributed by atoms with van der Waals surface area (Å²) in [7, 11) is 0. The van der Waals surface area contributed by atoms with E-state index < -0.39 is 17.0 Å². The lowest BCUT2D eigenvalue weighted by Crippen LogP contribution is -2.28. The lowest BCUT2D eigenvalue weighted by molar-refractivity contribution is 0.0825. The van der Waals surface area contributed by atoms with Crippen LogP contribution in [0.4, 0.5) is 4.39 Å². The minimum atomic E-state index is -1.29. The second-order valence-corrected chi connectivity index (χ2v) is 12.2. The summed E-state index contributed by atoms with van der Waals surface area (Å²) in [6, 6.07) is 44.8. The molecule has 0 atom stereocenters. The fourth-order valence-corrected chi connectivity index (χ4v) is 5.55.